The molecule has 0 fully saturated rings. The first kappa shape index (κ1) is 17.0. The highest BCUT2D eigenvalue weighted by Crippen LogP contribution is 2.22. The van der Waals surface area contributed by atoms with Gasteiger partial charge in [0.05, 0.1) is 0 Å². The molecule has 0 aromatic heterocycles. The average Bonchev–Trinajstić information content (AvgIpc) is 2.29. The van der Waals surface area contributed by atoms with Gasteiger partial charge in [-0.1, -0.05) is 33.8 Å². The average molecular weight is 276 g/mol. The molecule has 0 aliphatic carbocycles. The molecule has 2 heteroatoms. The van der Waals surface area contributed by atoms with Crippen LogP contribution in [0.15, 0.2) is 18.2 Å². The van der Waals surface area contributed by atoms with Gasteiger partial charge in [0.15, 0.2) is 0 Å². The van der Waals surface area contributed by atoms with Crippen molar-refractivity contribution in [3.05, 3.63) is 29.3 Å². The van der Waals surface area contributed by atoms with E-state index in [9.17, 15) is 0 Å². The van der Waals surface area contributed by atoms with Gasteiger partial charge in [-0.15, -0.1) is 0 Å². The predicted octanol–water partition coefficient (Wildman–Crippen LogP) is 4.00. The van der Waals surface area contributed by atoms with Crippen LogP contribution in [0.1, 0.15) is 45.7 Å². The second-order valence-corrected chi connectivity index (χ2v) is 6.98. The lowest BCUT2D eigenvalue weighted by molar-refractivity contribution is 0.552. The highest BCUT2D eigenvalue weighted by Gasteiger charge is 2.12. The third kappa shape index (κ3) is 5.54. The molecule has 1 unspecified atom stereocenters. The fraction of sp³-hybridized carbons (Fsp3) is 0.667. The van der Waals surface area contributed by atoms with Gasteiger partial charge in [0.2, 0.25) is 0 Å². The second-order valence-electron chi connectivity index (χ2n) is 6.98. The molecule has 20 heavy (non-hydrogen) atoms. The topological polar surface area (TPSA) is 29.3 Å². The first-order valence-electron chi connectivity index (χ1n) is 7.89. The van der Waals surface area contributed by atoms with Crippen molar-refractivity contribution in [3.8, 4) is 0 Å². The summed E-state index contributed by atoms with van der Waals surface area (Å²) in [6, 6.07) is 7.06. The molecule has 1 aromatic rings. The van der Waals surface area contributed by atoms with Crippen molar-refractivity contribution in [1.82, 2.24) is 0 Å². The Labute approximate surface area is 125 Å². The van der Waals surface area contributed by atoms with Crippen molar-refractivity contribution >= 4 is 5.69 Å². The molecule has 0 heterocycles. The molecule has 2 nitrogen and oxygen atoms in total. The molecule has 0 aliphatic heterocycles. The summed E-state index contributed by atoms with van der Waals surface area (Å²) < 4.78 is 0. The fourth-order valence-corrected chi connectivity index (χ4v) is 2.62. The summed E-state index contributed by atoms with van der Waals surface area (Å²) in [6.07, 6.45) is 0.959. The zero-order valence-corrected chi connectivity index (χ0v) is 14.1. The summed E-state index contributed by atoms with van der Waals surface area (Å²) in [6.45, 7) is 15.6. The van der Waals surface area contributed by atoms with E-state index in [2.05, 4.69) is 64.6 Å². The van der Waals surface area contributed by atoms with Crippen molar-refractivity contribution in [2.24, 2.45) is 17.6 Å². The van der Waals surface area contributed by atoms with Crippen LogP contribution in [0.4, 0.5) is 5.69 Å². The van der Waals surface area contributed by atoms with Crippen molar-refractivity contribution in [1.29, 1.82) is 0 Å². The molecule has 0 saturated heterocycles. The number of nitrogens with two attached hydrogens (primary N) is 1. The zero-order valence-electron chi connectivity index (χ0n) is 14.1. The van der Waals surface area contributed by atoms with Gasteiger partial charge in [-0.3, -0.25) is 0 Å². The van der Waals surface area contributed by atoms with Gasteiger partial charge in [-0.2, -0.15) is 0 Å². The van der Waals surface area contributed by atoms with Crippen molar-refractivity contribution < 1.29 is 0 Å². The summed E-state index contributed by atoms with van der Waals surface area (Å²) in [5, 5.41) is 0. The highest BCUT2D eigenvalue weighted by molar-refractivity contribution is 5.51. The number of aryl methyl sites for hydroxylation is 1. The van der Waals surface area contributed by atoms with Crippen LogP contribution in [-0.2, 0) is 6.42 Å². The first-order chi connectivity index (χ1) is 9.29. The zero-order chi connectivity index (χ0) is 15.3. The number of hydrogen-bond acceptors (Lipinski definition) is 2. The van der Waals surface area contributed by atoms with E-state index in [0.717, 1.165) is 19.5 Å². The Morgan fingerprint density at radius 1 is 1.00 bits per heavy atom. The fourth-order valence-electron chi connectivity index (χ4n) is 2.62. The van der Waals surface area contributed by atoms with Crippen molar-refractivity contribution in [3.63, 3.8) is 0 Å². The highest BCUT2D eigenvalue weighted by atomic mass is 15.1. The summed E-state index contributed by atoms with van der Waals surface area (Å²) in [5.41, 5.74) is 9.99. The van der Waals surface area contributed by atoms with Crippen LogP contribution >= 0.6 is 0 Å². The molecule has 1 rings (SSSR count). The Kier molecular flexibility index (Phi) is 6.54. The maximum absolute atomic E-state index is 5.91. The smallest absolute Gasteiger partial charge is 0.0369 e. The van der Waals surface area contributed by atoms with Crippen LogP contribution in [0, 0.1) is 18.8 Å². The van der Waals surface area contributed by atoms with Crippen LogP contribution in [0.3, 0.4) is 0 Å². The molecule has 0 bridgehead atoms. The Morgan fingerprint density at radius 3 is 1.95 bits per heavy atom. The minimum Gasteiger partial charge on any atom is -0.371 e. The molecule has 0 aliphatic rings. The molecule has 2 N–H and O–H groups in total. The van der Waals surface area contributed by atoms with Crippen LogP contribution in [0.25, 0.3) is 0 Å². The molecule has 114 valence electrons. The molecule has 0 radical (unpaired) electrons. The molecule has 0 saturated carbocycles. The number of rotatable bonds is 7. The number of benzene rings is 1. The van der Waals surface area contributed by atoms with Gasteiger partial charge in [-0.25, -0.2) is 0 Å². The minimum absolute atomic E-state index is 0.224. The summed E-state index contributed by atoms with van der Waals surface area (Å²) in [7, 11) is 0. The summed E-state index contributed by atoms with van der Waals surface area (Å²) >= 11 is 0. The van der Waals surface area contributed by atoms with Crippen LogP contribution in [0.5, 0.6) is 0 Å². The number of nitrogens with zero attached hydrogens (tertiary/aromatic N) is 1. The lowest BCUT2D eigenvalue weighted by Crippen LogP contribution is -2.31. The van der Waals surface area contributed by atoms with E-state index >= 15 is 0 Å². The quantitative estimate of drug-likeness (QED) is 0.815. The van der Waals surface area contributed by atoms with Crippen LogP contribution in [0.2, 0.25) is 0 Å². The normalized spacial score (nSPS) is 13.1. The van der Waals surface area contributed by atoms with Gasteiger partial charge in [0, 0.05) is 24.8 Å². The monoisotopic (exact) mass is 276 g/mol. The van der Waals surface area contributed by atoms with E-state index in [1.807, 2.05) is 0 Å². The standard InChI is InChI=1S/C18H32N2/c1-13(2)11-20(12-14(3)4)18-8-7-17(10-16(6)19)15(5)9-18/h7-9,13-14,16H,10-12,19H2,1-6H3. The molecular formula is C18H32N2. The van der Waals surface area contributed by atoms with Crippen LogP contribution in [-0.4, -0.2) is 19.1 Å². The van der Waals surface area contributed by atoms with E-state index in [4.69, 9.17) is 5.73 Å². The Morgan fingerprint density at radius 2 is 1.55 bits per heavy atom. The lowest BCUT2D eigenvalue weighted by atomic mass is 10.0. The van der Waals surface area contributed by atoms with Gasteiger partial charge in [-0.05, 0) is 55.4 Å². The van der Waals surface area contributed by atoms with Gasteiger partial charge >= 0.3 is 0 Å². The molecular weight excluding hydrogens is 244 g/mol. The Bertz CT molecular complexity index is 398. The molecule has 0 spiro atoms. The maximum Gasteiger partial charge on any atom is 0.0369 e. The van der Waals surface area contributed by atoms with Crippen molar-refractivity contribution in [2.45, 2.75) is 54.0 Å². The van der Waals surface area contributed by atoms with Gasteiger partial charge in [0.1, 0.15) is 0 Å². The van der Waals surface area contributed by atoms with E-state index in [1.165, 1.54) is 16.8 Å². The first-order valence-corrected chi connectivity index (χ1v) is 7.89. The maximum atomic E-state index is 5.91. The summed E-state index contributed by atoms with van der Waals surface area (Å²) in [5.74, 6) is 1.36. The molecule has 1 aromatic carbocycles. The minimum atomic E-state index is 0.224. The van der Waals surface area contributed by atoms with E-state index in [0.29, 0.717) is 11.8 Å². The SMILES string of the molecule is Cc1cc(N(CC(C)C)CC(C)C)ccc1CC(C)N. The third-order valence-corrected chi connectivity index (χ3v) is 3.40. The van der Waals surface area contributed by atoms with Gasteiger partial charge in [0.25, 0.3) is 0 Å². The molecule has 0 amide bonds. The number of hydrogen-bond donors (Lipinski definition) is 1. The van der Waals surface area contributed by atoms with E-state index in [-0.39, 0.29) is 6.04 Å². The van der Waals surface area contributed by atoms with Gasteiger partial charge < -0.3 is 10.6 Å². The predicted molar refractivity (Wildman–Crippen MR) is 90.4 cm³/mol. The lowest BCUT2D eigenvalue weighted by Gasteiger charge is -2.29. The third-order valence-electron chi connectivity index (χ3n) is 3.40. The summed E-state index contributed by atoms with van der Waals surface area (Å²) in [4.78, 5) is 2.51. The molecule has 1 atom stereocenters. The van der Waals surface area contributed by atoms with Crippen molar-refractivity contribution in [2.75, 3.05) is 18.0 Å². The Hall–Kier alpha value is -1.02. The second kappa shape index (κ2) is 7.68. The largest absolute Gasteiger partial charge is 0.371 e. The van der Waals surface area contributed by atoms with Crippen LogP contribution < -0.4 is 10.6 Å². The number of anilines is 1. The van der Waals surface area contributed by atoms with E-state index in [1.54, 1.807) is 0 Å². The Balaban J connectivity index is 2.93. The van der Waals surface area contributed by atoms with E-state index < -0.39 is 0 Å².